The Labute approximate surface area is 210 Å². The largest absolute Gasteiger partial charge is 0.416 e. The van der Waals surface area contributed by atoms with Gasteiger partial charge in [-0.3, -0.25) is 14.6 Å². The lowest BCUT2D eigenvalue weighted by Gasteiger charge is -2.37. The molecule has 2 aromatic carbocycles. The van der Waals surface area contributed by atoms with Gasteiger partial charge in [0, 0.05) is 44.0 Å². The number of fused-ring (bicyclic) bond motifs is 1. The molecule has 0 N–H and O–H groups in total. The van der Waals surface area contributed by atoms with Crippen molar-refractivity contribution in [1.29, 1.82) is 5.26 Å². The molecule has 0 bridgehead atoms. The van der Waals surface area contributed by atoms with Gasteiger partial charge in [0.1, 0.15) is 17.4 Å². The molecule has 7 nitrogen and oxygen atoms in total. The summed E-state index contributed by atoms with van der Waals surface area (Å²) in [7, 11) is 0. The standard InChI is InChI=1S/C26H22F4N6O/c27-21-4-6-22(7-5-21)34-12-10-33(11-13-34)17-24(37)35-9-8-23(36-25(35)19(15-31)16-32-36)18-2-1-3-20(14-18)26(28,29)30/h1-8,14,16H,9-13,17H2. The summed E-state index contributed by atoms with van der Waals surface area (Å²) in [5, 5.41) is 13.8. The monoisotopic (exact) mass is 510 g/mol. The molecule has 2 aliphatic heterocycles. The number of nitrogens with zero attached hydrogens (tertiary/aromatic N) is 6. The molecule has 0 saturated carbocycles. The highest BCUT2D eigenvalue weighted by atomic mass is 19.4. The fourth-order valence-corrected chi connectivity index (χ4v) is 4.62. The number of hydrogen-bond donors (Lipinski definition) is 0. The third kappa shape index (κ3) is 4.93. The van der Waals surface area contributed by atoms with Crippen LogP contribution in [0.15, 0.2) is 60.8 Å². The van der Waals surface area contributed by atoms with E-state index in [9.17, 15) is 27.6 Å². The molecule has 3 aromatic rings. The molecule has 0 aliphatic carbocycles. The zero-order valence-electron chi connectivity index (χ0n) is 19.6. The average molecular weight is 510 g/mol. The Hall–Kier alpha value is -4.17. The molecule has 11 heteroatoms. The third-order valence-corrected chi connectivity index (χ3v) is 6.52. The zero-order chi connectivity index (χ0) is 26.2. The molecule has 2 aliphatic rings. The second kappa shape index (κ2) is 9.71. The van der Waals surface area contributed by atoms with Crippen LogP contribution in [0.25, 0.3) is 5.70 Å². The lowest BCUT2D eigenvalue weighted by atomic mass is 10.1. The van der Waals surface area contributed by atoms with Gasteiger partial charge in [0.05, 0.1) is 24.0 Å². The van der Waals surface area contributed by atoms with Crippen LogP contribution in [-0.4, -0.2) is 59.9 Å². The maximum Gasteiger partial charge on any atom is 0.416 e. The molecule has 1 fully saturated rings. The van der Waals surface area contributed by atoms with E-state index < -0.39 is 11.7 Å². The summed E-state index contributed by atoms with van der Waals surface area (Å²) in [6, 6.07) is 13.2. The molecule has 190 valence electrons. The van der Waals surface area contributed by atoms with Crippen molar-refractivity contribution in [3.63, 3.8) is 0 Å². The minimum absolute atomic E-state index is 0.0975. The molecule has 37 heavy (non-hydrogen) atoms. The predicted octanol–water partition coefficient (Wildman–Crippen LogP) is 3.97. The lowest BCUT2D eigenvalue weighted by molar-refractivity contribution is -0.137. The van der Waals surface area contributed by atoms with Gasteiger partial charge in [0.25, 0.3) is 0 Å². The zero-order valence-corrected chi connectivity index (χ0v) is 19.6. The summed E-state index contributed by atoms with van der Waals surface area (Å²) < 4.78 is 54.3. The minimum atomic E-state index is -4.50. The van der Waals surface area contributed by atoms with E-state index in [1.807, 2.05) is 11.0 Å². The lowest BCUT2D eigenvalue weighted by Crippen LogP contribution is -2.51. The van der Waals surface area contributed by atoms with E-state index in [0.29, 0.717) is 31.9 Å². The topological polar surface area (TPSA) is 68.4 Å². The number of hydrogen-bond acceptors (Lipinski definition) is 5. The van der Waals surface area contributed by atoms with Crippen molar-refractivity contribution < 1.29 is 22.4 Å². The molecule has 3 heterocycles. The first-order chi connectivity index (χ1) is 17.7. The van der Waals surface area contributed by atoms with Gasteiger partial charge < -0.3 is 4.90 Å². The number of piperazine rings is 1. The summed E-state index contributed by atoms with van der Waals surface area (Å²) in [4.78, 5) is 18.9. The van der Waals surface area contributed by atoms with Crippen LogP contribution < -0.4 is 9.80 Å². The van der Waals surface area contributed by atoms with Crippen molar-refractivity contribution in [3.05, 3.63) is 83.3 Å². The van der Waals surface area contributed by atoms with Gasteiger partial charge >= 0.3 is 6.18 Å². The van der Waals surface area contributed by atoms with E-state index in [0.717, 1.165) is 17.8 Å². The molecule has 5 rings (SSSR count). The van der Waals surface area contributed by atoms with Gasteiger partial charge in [-0.05, 0) is 42.5 Å². The second-order valence-electron chi connectivity index (χ2n) is 8.82. The summed E-state index contributed by atoms with van der Waals surface area (Å²) in [6.07, 6.45) is -1.55. The Kier molecular flexibility index (Phi) is 6.43. The minimum Gasteiger partial charge on any atom is -0.369 e. The number of carbonyl (C=O) groups is 1. The average Bonchev–Trinajstić information content (AvgIpc) is 3.33. The smallest absolute Gasteiger partial charge is 0.369 e. The number of rotatable bonds is 4. The highest BCUT2D eigenvalue weighted by molar-refractivity contribution is 5.97. The highest BCUT2D eigenvalue weighted by Crippen LogP contribution is 2.34. The first-order valence-corrected chi connectivity index (χ1v) is 11.6. The van der Waals surface area contributed by atoms with Crippen molar-refractivity contribution in [2.45, 2.75) is 6.18 Å². The SMILES string of the molecule is N#Cc1cnn2c1N(C(=O)CN1CCN(c3ccc(F)cc3)CC1)CC=C2c1cccc(C(F)(F)F)c1. The first-order valence-electron chi connectivity index (χ1n) is 11.6. The van der Waals surface area contributed by atoms with Crippen molar-refractivity contribution in [1.82, 2.24) is 14.7 Å². The number of halogens is 4. The van der Waals surface area contributed by atoms with Crippen molar-refractivity contribution in [2.24, 2.45) is 0 Å². The molecule has 0 atom stereocenters. The van der Waals surface area contributed by atoms with Crippen molar-refractivity contribution >= 4 is 23.1 Å². The van der Waals surface area contributed by atoms with Gasteiger partial charge in [0.15, 0.2) is 5.82 Å². The number of amides is 1. The molecule has 0 radical (unpaired) electrons. The first kappa shape index (κ1) is 24.5. The summed E-state index contributed by atoms with van der Waals surface area (Å²) in [5.41, 5.74) is 0.941. The number of alkyl halides is 3. The maximum atomic E-state index is 13.3. The van der Waals surface area contributed by atoms with Gasteiger partial charge in [-0.1, -0.05) is 12.1 Å². The summed E-state index contributed by atoms with van der Waals surface area (Å²) in [5.74, 6) is -0.295. The van der Waals surface area contributed by atoms with Crippen molar-refractivity contribution in [2.75, 3.05) is 49.1 Å². The predicted molar refractivity (Wildman–Crippen MR) is 129 cm³/mol. The normalized spacial score (nSPS) is 16.2. The van der Waals surface area contributed by atoms with E-state index in [2.05, 4.69) is 10.00 Å². The molecular weight excluding hydrogens is 488 g/mol. The van der Waals surface area contributed by atoms with Crippen LogP contribution in [-0.2, 0) is 11.0 Å². The van der Waals surface area contributed by atoms with Crippen molar-refractivity contribution in [3.8, 4) is 6.07 Å². The van der Waals surface area contributed by atoms with Crippen LogP contribution in [0.1, 0.15) is 16.7 Å². The van der Waals surface area contributed by atoms with Crippen LogP contribution in [0.3, 0.4) is 0 Å². The van der Waals surface area contributed by atoms with E-state index in [-0.39, 0.29) is 41.8 Å². The molecule has 0 unspecified atom stereocenters. The number of anilines is 2. The van der Waals surface area contributed by atoms with Gasteiger partial charge in [-0.2, -0.15) is 23.5 Å². The third-order valence-electron chi connectivity index (χ3n) is 6.52. The number of nitriles is 1. The fourth-order valence-electron chi connectivity index (χ4n) is 4.62. The van der Waals surface area contributed by atoms with Gasteiger partial charge in [-0.25, -0.2) is 9.07 Å². The number of benzene rings is 2. The Balaban J connectivity index is 1.32. The molecular formula is C26H22F4N6O. The summed E-state index contributed by atoms with van der Waals surface area (Å²) in [6.45, 7) is 2.78. The van der Waals surface area contributed by atoms with Gasteiger partial charge in [0.2, 0.25) is 5.91 Å². The quantitative estimate of drug-likeness (QED) is 0.497. The Morgan fingerprint density at radius 3 is 2.46 bits per heavy atom. The van der Waals surface area contributed by atoms with E-state index >= 15 is 0 Å². The van der Waals surface area contributed by atoms with E-state index in [4.69, 9.17) is 0 Å². The van der Waals surface area contributed by atoms with E-state index in [1.54, 1.807) is 18.2 Å². The molecule has 0 spiro atoms. The van der Waals surface area contributed by atoms with Crippen LogP contribution in [0.4, 0.5) is 29.1 Å². The number of carbonyl (C=O) groups excluding carboxylic acids is 1. The maximum absolute atomic E-state index is 13.3. The summed E-state index contributed by atoms with van der Waals surface area (Å²) >= 11 is 0. The van der Waals surface area contributed by atoms with Crippen LogP contribution in [0.5, 0.6) is 0 Å². The molecule has 1 aromatic heterocycles. The van der Waals surface area contributed by atoms with Crippen LogP contribution >= 0.6 is 0 Å². The van der Waals surface area contributed by atoms with Gasteiger partial charge in [-0.15, -0.1) is 0 Å². The Morgan fingerprint density at radius 2 is 1.78 bits per heavy atom. The highest BCUT2D eigenvalue weighted by Gasteiger charge is 2.33. The van der Waals surface area contributed by atoms with Crippen LogP contribution in [0.2, 0.25) is 0 Å². The second-order valence-corrected chi connectivity index (χ2v) is 8.82. The van der Waals surface area contributed by atoms with Crippen LogP contribution in [0, 0.1) is 17.1 Å². The molecule has 1 amide bonds. The Morgan fingerprint density at radius 1 is 1.05 bits per heavy atom. The number of aromatic nitrogens is 2. The van der Waals surface area contributed by atoms with E-state index in [1.165, 1.54) is 40.0 Å². The Bertz CT molecular complexity index is 1380. The molecule has 1 saturated heterocycles. The fraction of sp³-hybridized carbons (Fsp3) is 0.269.